The van der Waals surface area contributed by atoms with Gasteiger partial charge in [-0.05, 0) is 75.9 Å². The molecule has 8 heteroatoms. The highest BCUT2D eigenvalue weighted by Crippen LogP contribution is 2.29. The molecule has 0 saturated carbocycles. The molecule has 0 radical (unpaired) electrons. The monoisotopic (exact) mass is 559 g/mol. The van der Waals surface area contributed by atoms with Crippen LogP contribution >= 0.6 is 0 Å². The lowest BCUT2D eigenvalue weighted by atomic mass is 9.97. The van der Waals surface area contributed by atoms with E-state index >= 15 is 0 Å². The van der Waals surface area contributed by atoms with E-state index in [1.165, 1.54) is 17.0 Å². The van der Waals surface area contributed by atoms with Gasteiger partial charge in [0.05, 0.1) is 0 Å². The number of hydrogen-bond donors (Lipinski definition) is 3. The van der Waals surface area contributed by atoms with Gasteiger partial charge in [-0.1, -0.05) is 67.6 Å². The van der Waals surface area contributed by atoms with E-state index in [2.05, 4.69) is 10.6 Å². The van der Waals surface area contributed by atoms with Gasteiger partial charge in [0.25, 0.3) is 5.91 Å². The van der Waals surface area contributed by atoms with Crippen molar-refractivity contribution in [3.8, 4) is 5.75 Å². The first-order chi connectivity index (χ1) is 19.4. The van der Waals surface area contributed by atoms with E-state index in [0.29, 0.717) is 17.7 Å². The smallest absolute Gasteiger partial charge is 0.408 e. The summed E-state index contributed by atoms with van der Waals surface area (Å²) < 4.78 is 5.49. The fourth-order valence-electron chi connectivity index (χ4n) is 4.48. The Hall–Kier alpha value is -4.33. The number of benzene rings is 3. The molecule has 0 aliphatic carbocycles. The molecule has 3 aromatic rings. The molecule has 3 N–H and O–H groups in total. The number of carbonyl (C=O) groups excluding carboxylic acids is 3. The van der Waals surface area contributed by atoms with Crippen LogP contribution in [-0.4, -0.2) is 45.6 Å². The van der Waals surface area contributed by atoms with Crippen LogP contribution in [0.1, 0.15) is 63.8 Å². The van der Waals surface area contributed by atoms with Gasteiger partial charge in [0.15, 0.2) is 0 Å². The van der Waals surface area contributed by atoms with Gasteiger partial charge < -0.3 is 25.4 Å². The van der Waals surface area contributed by atoms with Gasteiger partial charge in [-0.15, -0.1) is 0 Å². The summed E-state index contributed by atoms with van der Waals surface area (Å²) in [4.78, 5) is 42.9. The zero-order chi connectivity index (χ0) is 30.2. The highest BCUT2D eigenvalue weighted by atomic mass is 16.6. The van der Waals surface area contributed by atoms with Crippen molar-refractivity contribution in [2.75, 3.05) is 5.32 Å². The summed E-state index contributed by atoms with van der Waals surface area (Å²) in [7, 11) is 0. The molecule has 0 bridgehead atoms. The summed E-state index contributed by atoms with van der Waals surface area (Å²) in [5.41, 5.74) is 2.11. The number of aromatic hydroxyl groups is 1. The SMILES string of the molecule is CCC(C)N(C(=O)C(Cc1ccccc1)NC(=O)OC(C)(C)C)C(C(=O)Nc1ccccc1C)c1ccc(O)cc1. The number of ether oxygens (including phenoxy) is 1. The third-order valence-corrected chi connectivity index (χ3v) is 6.73. The Kier molecular flexibility index (Phi) is 10.5. The van der Waals surface area contributed by atoms with Crippen molar-refractivity contribution in [1.29, 1.82) is 0 Å². The van der Waals surface area contributed by atoms with Crippen LogP contribution in [-0.2, 0) is 20.7 Å². The quantitative estimate of drug-likeness (QED) is 0.276. The molecule has 0 heterocycles. The van der Waals surface area contributed by atoms with Gasteiger partial charge in [0.2, 0.25) is 5.91 Å². The highest BCUT2D eigenvalue weighted by molar-refractivity contribution is 5.99. The maximum absolute atomic E-state index is 14.5. The van der Waals surface area contributed by atoms with Crippen LogP contribution in [0.5, 0.6) is 5.75 Å². The van der Waals surface area contributed by atoms with Crippen molar-refractivity contribution in [2.24, 2.45) is 0 Å². The number of amides is 3. The summed E-state index contributed by atoms with van der Waals surface area (Å²) in [5.74, 6) is -0.789. The molecule has 3 amide bonds. The molecule has 0 spiro atoms. The lowest BCUT2D eigenvalue weighted by Crippen LogP contribution is -2.55. The molecule has 3 atom stereocenters. The minimum atomic E-state index is -1.05. The summed E-state index contributed by atoms with van der Waals surface area (Å²) >= 11 is 0. The number of aryl methyl sites for hydroxylation is 1. The van der Waals surface area contributed by atoms with Crippen molar-refractivity contribution in [3.63, 3.8) is 0 Å². The minimum Gasteiger partial charge on any atom is -0.508 e. The second kappa shape index (κ2) is 13.8. The van der Waals surface area contributed by atoms with E-state index in [1.807, 2.05) is 69.3 Å². The van der Waals surface area contributed by atoms with Crippen molar-refractivity contribution < 1.29 is 24.2 Å². The molecule has 0 saturated heterocycles. The van der Waals surface area contributed by atoms with Crippen LogP contribution in [0.15, 0.2) is 78.9 Å². The molecule has 3 rings (SSSR count). The van der Waals surface area contributed by atoms with Gasteiger partial charge in [-0.25, -0.2) is 4.79 Å². The zero-order valence-electron chi connectivity index (χ0n) is 24.7. The fraction of sp³-hybridized carbons (Fsp3) is 0.364. The lowest BCUT2D eigenvalue weighted by Gasteiger charge is -2.38. The Bertz CT molecular complexity index is 1320. The number of nitrogens with one attached hydrogen (secondary N) is 2. The number of para-hydroxylation sites is 1. The summed E-state index contributed by atoms with van der Waals surface area (Å²) in [5, 5.41) is 15.7. The topological polar surface area (TPSA) is 108 Å². The van der Waals surface area contributed by atoms with Crippen LogP contribution < -0.4 is 10.6 Å². The van der Waals surface area contributed by atoms with Crippen LogP contribution in [0.3, 0.4) is 0 Å². The molecule has 3 aromatic carbocycles. The lowest BCUT2D eigenvalue weighted by molar-refractivity contribution is -0.143. The van der Waals surface area contributed by atoms with Crippen LogP contribution in [0.4, 0.5) is 10.5 Å². The van der Waals surface area contributed by atoms with Gasteiger partial charge in [-0.2, -0.15) is 0 Å². The van der Waals surface area contributed by atoms with Crippen molar-refractivity contribution >= 4 is 23.6 Å². The Morgan fingerprint density at radius 1 is 0.927 bits per heavy atom. The third kappa shape index (κ3) is 8.83. The average Bonchev–Trinajstić information content (AvgIpc) is 2.92. The average molecular weight is 560 g/mol. The number of rotatable bonds is 10. The van der Waals surface area contributed by atoms with Crippen molar-refractivity contribution in [3.05, 3.63) is 95.6 Å². The highest BCUT2D eigenvalue weighted by Gasteiger charge is 2.38. The summed E-state index contributed by atoms with van der Waals surface area (Å²) in [6, 6.07) is 20.6. The molecule has 0 aliphatic rings. The first-order valence-electron chi connectivity index (χ1n) is 13.9. The minimum absolute atomic E-state index is 0.0433. The zero-order valence-corrected chi connectivity index (χ0v) is 24.7. The maximum atomic E-state index is 14.5. The summed E-state index contributed by atoms with van der Waals surface area (Å²) in [6.45, 7) is 11.0. The molecule has 218 valence electrons. The van der Waals surface area contributed by atoms with E-state index in [1.54, 1.807) is 39.0 Å². The molecule has 0 fully saturated rings. The largest absolute Gasteiger partial charge is 0.508 e. The Morgan fingerprint density at radius 3 is 2.12 bits per heavy atom. The summed E-state index contributed by atoms with van der Waals surface area (Å²) in [6.07, 6.45) is 0.0390. The number of alkyl carbamates (subject to hydrolysis) is 1. The number of hydrogen-bond acceptors (Lipinski definition) is 5. The molecule has 41 heavy (non-hydrogen) atoms. The predicted molar refractivity (Wildman–Crippen MR) is 161 cm³/mol. The molecule has 0 aliphatic heterocycles. The van der Waals surface area contributed by atoms with E-state index in [0.717, 1.165) is 11.1 Å². The van der Waals surface area contributed by atoms with Gasteiger partial charge in [0.1, 0.15) is 23.4 Å². The first kappa shape index (κ1) is 31.2. The Labute approximate surface area is 242 Å². The van der Waals surface area contributed by atoms with E-state index in [4.69, 9.17) is 4.74 Å². The number of anilines is 1. The third-order valence-electron chi connectivity index (χ3n) is 6.73. The number of carbonyl (C=O) groups is 3. The Morgan fingerprint density at radius 2 is 1.54 bits per heavy atom. The van der Waals surface area contributed by atoms with Crippen molar-refractivity contribution in [2.45, 2.75) is 78.1 Å². The number of nitrogens with zero attached hydrogens (tertiary/aromatic N) is 1. The van der Waals surface area contributed by atoms with E-state index < -0.39 is 35.6 Å². The first-order valence-corrected chi connectivity index (χ1v) is 13.9. The van der Waals surface area contributed by atoms with Gasteiger partial charge in [-0.3, -0.25) is 9.59 Å². The molecule has 0 aromatic heterocycles. The predicted octanol–water partition coefficient (Wildman–Crippen LogP) is 6.14. The number of phenolic OH excluding ortho intramolecular Hbond substituents is 1. The fourth-order valence-corrected chi connectivity index (χ4v) is 4.48. The molecule has 3 unspecified atom stereocenters. The van der Waals surface area contributed by atoms with E-state index in [9.17, 15) is 19.5 Å². The van der Waals surface area contributed by atoms with Crippen LogP contribution in [0.2, 0.25) is 0 Å². The van der Waals surface area contributed by atoms with Crippen molar-refractivity contribution in [1.82, 2.24) is 10.2 Å². The van der Waals surface area contributed by atoms with Gasteiger partial charge in [0, 0.05) is 18.2 Å². The van der Waals surface area contributed by atoms with E-state index in [-0.39, 0.29) is 18.2 Å². The number of phenols is 1. The van der Waals surface area contributed by atoms with Crippen LogP contribution in [0, 0.1) is 6.92 Å². The molecular formula is C33H41N3O5. The second-order valence-corrected chi connectivity index (χ2v) is 11.2. The van der Waals surface area contributed by atoms with Crippen LogP contribution in [0.25, 0.3) is 0 Å². The maximum Gasteiger partial charge on any atom is 0.408 e. The van der Waals surface area contributed by atoms with Gasteiger partial charge >= 0.3 is 6.09 Å². The molecular weight excluding hydrogens is 518 g/mol. The Balaban J connectivity index is 2.08. The second-order valence-electron chi connectivity index (χ2n) is 11.2. The molecule has 8 nitrogen and oxygen atoms in total. The normalized spacial score (nSPS) is 13.4. The standard InChI is InChI=1S/C33H41N3O5/c1-7-23(3)36(31(39)28(21-24-14-9-8-10-15-24)35-32(40)41-33(4,5)6)29(25-17-19-26(37)20-18-25)30(38)34-27-16-12-11-13-22(27)2/h8-20,23,28-29,37H,7,21H2,1-6H3,(H,34,38)(H,35,40).